The van der Waals surface area contributed by atoms with Crippen LogP contribution in [0.15, 0.2) is 59.2 Å². The van der Waals surface area contributed by atoms with Crippen LogP contribution in [-0.4, -0.2) is 37.2 Å². The largest absolute Gasteiger partial charge is 0.309 e. The van der Waals surface area contributed by atoms with Crippen LogP contribution in [0.1, 0.15) is 24.0 Å². The minimum absolute atomic E-state index is 0.0248. The molecule has 0 saturated carbocycles. The van der Waals surface area contributed by atoms with Crippen molar-refractivity contribution in [1.82, 2.24) is 25.4 Å². The van der Waals surface area contributed by atoms with Crippen molar-refractivity contribution >= 4 is 45.9 Å². The first-order valence-electron chi connectivity index (χ1n) is 10.1. The summed E-state index contributed by atoms with van der Waals surface area (Å²) < 4.78 is 0.773. The number of anilines is 2. The number of H-pyrrole nitrogens is 1. The lowest BCUT2D eigenvalue weighted by atomic mass is 10.1. The van der Waals surface area contributed by atoms with Crippen LogP contribution in [0.3, 0.4) is 0 Å². The van der Waals surface area contributed by atoms with Crippen LogP contribution in [-0.2, 0) is 15.3 Å². The van der Waals surface area contributed by atoms with E-state index in [1.54, 1.807) is 30.2 Å². The molecule has 0 unspecified atom stereocenters. The van der Waals surface area contributed by atoms with Gasteiger partial charge in [-0.25, -0.2) is 0 Å². The minimum Gasteiger partial charge on any atom is -0.309 e. The standard InChI is InChI=1S/C22H21N7O2S2/c1-14-4-2-3-5-16(14)13-32-22-29-28-21(33-22)25-20(31)7-6-19(30)24-18-12-17(26-27-18)15-8-10-23-11-9-15/h2-5,8-12H,6-7,13H2,1H3,(H,25,28,31)(H2,24,26,27,30). The molecule has 0 saturated heterocycles. The Bertz CT molecular complexity index is 1240. The molecular formula is C22H21N7O2S2. The third-order valence-electron chi connectivity index (χ3n) is 4.68. The topological polar surface area (TPSA) is 126 Å². The van der Waals surface area contributed by atoms with Crippen LogP contribution in [0.4, 0.5) is 10.9 Å². The van der Waals surface area contributed by atoms with Gasteiger partial charge in [-0.15, -0.1) is 10.2 Å². The number of hydrogen-bond donors (Lipinski definition) is 3. The van der Waals surface area contributed by atoms with E-state index in [9.17, 15) is 9.59 Å². The summed E-state index contributed by atoms with van der Waals surface area (Å²) in [7, 11) is 0. The molecule has 3 N–H and O–H groups in total. The summed E-state index contributed by atoms with van der Waals surface area (Å²) in [6.45, 7) is 2.07. The van der Waals surface area contributed by atoms with Crippen LogP contribution in [0.2, 0.25) is 0 Å². The molecule has 4 rings (SSSR count). The Morgan fingerprint density at radius 1 is 1.03 bits per heavy atom. The Hall–Kier alpha value is -3.57. The van der Waals surface area contributed by atoms with Crippen LogP contribution in [0.25, 0.3) is 11.3 Å². The highest BCUT2D eigenvalue weighted by molar-refractivity contribution is 8.00. The molecule has 0 aliphatic carbocycles. The first-order chi connectivity index (χ1) is 16.1. The number of nitrogens with zero attached hydrogens (tertiary/aromatic N) is 4. The number of carbonyl (C=O) groups is 2. The van der Waals surface area contributed by atoms with Crippen molar-refractivity contribution in [3.8, 4) is 11.3 Å². The average molecular weight is 480 g/mol. The molecule has 11 heteroatoms. The first-order valence-corrected chi connectivity index (χ1v) is 11.9. The number of hydrogen-bond acceptors (Lipinski definition) is 8. The highest BCUT2D eigenvalue weighted by Gasteiger charge is 2.13. The van der Waals surface area contributed by atoms with E-state index in [1.165, 1.54) is 22.5 Å². The molecule has 1 aromatic carbocycles. The molecule has 4 aromatic rings. The SMILES string of the molecule is Cc1ccccc1CSc1nnc(NC(=O)CCC(=O)Nc2cc(-c3ccncc3)[nH]n2)s1. The predicted molar refractivity (Wildman–Crippen MR) is 129 cm³/mol. The van der Waals surface area contributed by atoms with E-state index < -0.39 is 0 Å². The highest BCUT2D eigenvalue weighted by Crippen LogP contribution is 2.29. The summed E-state index contributed by atoms with van der Waals surface area (Å²) >= 11 is 2.89. The van der Waals surface area contributed by atoms with Gasteiger partial charge in [-0.3, -0.25) is 19.7 Å². The van der Waals surface area contributed by atoms with Crippen molar-refractivity contribution in [2.75, 3.05) is 10.6 Å². The number of aromatic amines is 1. The molecule has 0 aliphatic rings. The molecule has 2 amide bonds. The van der Waals surface area contributed by atoms with E-state index in [0.717, 1.165) is 21.3 Å². The Morgan fingerprint density at radius 2 is 1.79 bits per heavy atom. The molecule has 33 heavy (non-hydrogen) atoms. The van der Waals surface area contributed by atoms with E-state index >= 15 is 0 Å². The maximum Gasteiger partial charge on any atom is 0.226 e. The van der Waals surface area contributed by atoms with Crippen LogP contribution in [0.5, 0.6) is 0 Å². The van der Waals surface area contributed by atoms with Gasteiger partial charge in [0.25, 0.3) is 0 Å². The smallest absolute Gasteiger partial charge is 0.226 e. The van der Waals surface area contributed by atoms with Crippen LogP contribution < -0.4 is 10.6 Å². The van der Waals surface area contributed by atoms with E-state index in [2.05, 4.69) is 55.1 Å². The monoisotopic (exact) mass is 479 g/mol. The average Bonchev–Trinajstić information content (AvgIpc) is 3.47. The van der Waals surface area contributed by atoms with Gasteiger partial charge >= 0.3 is 0 Å². The number of amides is 2. The van der Waals surface area contributed by atoms with Gasteiger partial charge in [0.2, 0.25) is 16.9 Å². The lowest BCUT2D eigenvalue weighted by molar-refractivity contribution is -0.121. The van der Waals surface area contributed by atoms with Crippen LogP contribution >= 0.6 is 23.1 Å². The van der Waals surface area contributed by atoms with Gasteiger partial charge in [-0.1, -0.05) is 47.4 Å². The van der Waals surface area contributed by atoms with Crippen LogP contribution in [0, 0.1) is 6.92 Å². The Kier molecular flexibility index (Phi) is 7.43. The summed E-state index contributed by atoms with van der Waals surface area (Å²) in [6.07, 6.45) is 3.41. The lowest BCUT2D eigenvalue weighted by Crippen LogP contribution is -2.17. The zero-order chi connectivity index (χ0) is 23.0. The van der Waals surface area contributed by atoms with Gasteiger partial charge < -0.3 is 10.6 Å². The number of rotatable bonds is 9. The van der Waals surface area contributed by atoms with Crippen molar-refractivity contribution in [3.63, 3.8) is 0 Å². The Balaban J connectivity index is 1.21. The third-order valence-corrected chi connectivity index (χ3v) is 6.70. The number of carbonyl (C=O) groups excluding carboxylic acids is 2. The molecule has 3 aromatic heterocycles. The fraction of sp³-hybridized carbons (Fsp3) is 0.182. The van der Waals surface area contributed by atoms with Crippen molar-refractivity contribution < 1.29 is 9.59 Å². The minimum atomic E-state index is -0.301. The van der Waals surface area contributed by atoms with E-state index in [-0.39, 0.29) is 24.7 Å². The fourth-order valence-corrected chi connectivity index (χ4v) is 4.75. The molecule has 9 nitrogen and oxygen atoms in total. The van der Waals surface area contributed by atoms with Gasteiger partial charge in [0.05, 0.1) is 5.69 Å². The molecule has 168 valence electrons. The van der Waals surface area contributed by atoms with Gasteiger partial charge in [0, 0.05) is 42.6 Å². The number of aryl methyl sites for hydroxylation is 1. The Morgan fingerprint density at radius 3 is 2.58 bits per heavy atom. The normalized spacial score (nSPS) is 10.7. The van der Waals surface area contributed by atoms with Crippen molar-refractivity contribution in [1.29, 1.82) is 0 Å². The quantitative estimate of drug-likeness (QED) is 0.242. The number of benzene rings is 1. The summed E-state index contributed by atoms with van der Waals surface area (Å²) in [5, 5.41) is 20.9. The number of nitrogens with one attached hydrogen (secondary N) is 3. The van der Waals surface area contributed by atoms with Gasteiger partial charge in [-0.2, -0.15) is 5.10 Å². The summed E-state index contributed by atoms with van der Waals surface area (Å²) in [6, 6.07) is 13.6. The van der Waals surface area contributed by atoms with Crippen molar-refractivity contribution in [2.24, 2.45) is 0 Å². The second-order valence-corrected chi connectivity index (χ2v) is 9.29. The van der Waals surface area contributed by atoms with E-state index in [4.69, 9.17) is 0 Å². The second kappa shape index (κ2) is 10.8. The van der Waals surface area contributed by atoms with Gasteiger partial charge in [0.15, 0.2) is 10.2 Å². The van der Waals surface area contributed by atoms with Crippen molar-refractivity contribution in [3.05, 3.63) is 66.0 Å². The van der Waals surface area contributed by atoms with E-state index in [0.29, 0.717) is 10.9 Å². The van der Waals surface area contributed by atoms with E-state index in [1.807, 2.05) is 24.3 Å². The van der Waals surface area contributed by atoms with Crippen molar-refractivity contribution in [2.45, 2.75) is 29.9 Å². The molecule has 0 aliphatic heterocycles. The zero-order valence-corrected chi connectivity index (χ0v) is 19.4. The summed E-state index contributed by atoms with van der Waals surface area (Å²) in [4.78, 5) is 28.4. The summed E-state index contributed by atoms with van der Waals surface area (Å²) in [5.41, 5.74) is 4.13. The summed E-state index contributed by atoms with van der Waals surface area (Å²) in [5.74, 6) is 0.582. The zero-order valence-electron chi connectivity index (χ0n) is 17.7. The number of aromatic nitrogens is 5. The maximum absolute atomic E-state index is 12.2. The maximum atomic E-state index is 12.2. The fourth-order valence-electron chi connectivity index (χ4n) is 2.91. The first kappa shape index (κ1) is 22.6. The molecular weight excluding hydrogens is 458 g/mol. The third kappa shape index (κ3) is 6.46. The molecule has 0 fully saturated rings. The number of thioether (sulfide) groups is 1. The van der Waals surface area contributed by atoms with Gasteiger partial charge in [-0.05, 0) is 30.2 Å². The molecule has 0 bridgehead atoms. The lowest BCUT2D eigenvalue weighted by Gasteiger charge is -2.03. The molecule has 0 spiro atoms. The molecule has 0 radical (unpaired) electrons. The molecule has 0 atom stereocenters. The predicted octanol–water partition coefficient (Wildman–Crippen LogP) is 4.28. The molecule has 3 heterocycles. The second-order valence-electron chi connectivity index (χ2n) is 7.09. The highest BCUT2D eigenvalue weighted by atomic mass is 32.2. The Labute approximate surface area is 198 Å². The number of pyridine rings is 1. The van der Waals surface area contributed by atoms with Gasteiger partial charge in [0.1, 0.15) is 0 Å².